The predicted molar refractivity (Wildman–Crippen MR) is 88.1 cm³/mol. The molecule has 0 fully saturated rings. The highest BCUT2D eigenvalue weighted by Crippen LogP contribution is 2.20. The summed E-state index contributed by atoms with van der Waals surface area (Å²) in [5.41, 5.74) is 3.28. The maximum Gasteiger partial charge on any atom is 0.204 e. The number of benzene rings is 2. The van der Waals surface area contributed by atoms with E-state index in [2.05, 4.69) is 33.1 Å². The number of aliphatic hydroxyl groups excluding tert-OH is 1. The van der Waals surface area contributed by atoms with E-state index in [-0.39, 0.29) is 19.0 Å². The number of hydrogen-bond acceptors (Lipinski definition) is 3. The van der Waals surface area contributed by atoms with Crippen molar-refractivity contribution in [3.63, 3.8) is 0 Å². The summed E-state index contributed by atoms with van der Waals surface area (Å²) in [6, 6.07) is 18.4. The molecule has 21 heavy (non-hydrogen) atoms. The van der Waals surface area contributed by atoms with Crippen molar-refractivity contribution in [3.05, 3.63) is 60.2 Å². The van der Waals surface area contributed by atoms with E-state index in [0.29, 0.717) is 6.54 Å². The Balaban J connectivity index is 0.00000161. The van der Waals surface area contributed by atoms with Crippen molar-refractivity contribution in [3.8, 4) is 0 Å². The Morgan fingerprint density at radius 2 is 1.71 bits per heavy atom. The second-order valence-corrected chi connectivity index (χ2v) is 4.65. The van der Waals surface area contributed by atoms with Gasteiger partial charge in [0.2, 0.25) is 5.95 Å². The van der Waals surface area contributed by atoms with Gasteiger partial charge in [-0.1, -0.05) is 42.5 Å². The minimum Gasteiger partial charge on any atom is -0.395 e. The molecule has 2 N–H and O–H groups in total. The van der Waals surface area contributed by atoms with Gasteiger partial charge in [-0.2, -0.15) is 0 Å². The minimum absolute atomic E-state index is 0. The van der Waals surface area contributed by atoms with Gasteiger partial charge in [0.05, 0.1) is 24.2 Å². The molecule has 0 unspecified atom stereocenters. The Bertz CT molecular complexity index is 697. The standard InChI is InChI=1S/C16H17N3O.ClH/c20-11-10-17-16-18-14-8-4-5-9-15(14)19(16)12-13-6-2-1-3-7-13;/h1-9,20H,10-12H2,(H,17,18);1H. The topological polar surface area (TPSA) is 50.1 Å². The van der Waals surface area contributed by atoms with Gasteiger partial charge in [-0.15, -0.1) is 12.4 Å². The molecule has 0 saturated heterocycles. The summed E-state index contributed by atoms with van der Waals surface area (Å²) in [7, 11) is 0. The number of anilines is 1. The summed E-state index contributed by atoms with van der Waals surface area (Å²) >= 11 is 0. The van der Waals surface area contributed by atoms with Crippen LogP contribution >= 0.6 is 12.4 Å². The Morgan fingerprint density at radius 1 is 1.00 bits per heavy atom. The van der Waals surface area contributed by atoms with Crippen molar-refractivity contribution in [2.24, 2.45) is 0 Å². The zero-order valence-electron chi connectivity index (χ0n) is 11.6. The van der Waals surface area contributed by atoms with Crippen LogP contribution in [0.3, 0.4) is 0 Å². The molecule has 1 heterocycles. The fourth-order valence-corrected chi connectivity index (χ4v) is 2.30. The van der Waals surface area contributed by atoms with Crippen molar-refractivity contribution in [1.29, 1.82) is 0 Å². The van der Waals surface area contributed by atoms with Gasteiger partial charge in [0, 0.05) is 6.54 Å². The number of halogens is 1. The van der Waals surface area contributed by atoms with Crippen molar-refractivity contribution in [1.82, 2.24) is 9.55 Å². The highest BCUT2D eigenvalue weighted by Gasteiger charge is 2.09. The maximum absolute atomic E-state index is 8.98. The Labute approximate surface area is 129 Å². The highest BCUT2D eigenvalue weighted by molar-refractivity contribution is 5.85. The molecule has 0 saturated carbocycles. The minimum atomic E-state index is 0. The summed E-state index contributed by atoms with van der Waals surface area (Å²) in [6.07, 6.45) is 0. The molecule has 4 nitrogen and oxygen atoms in total. The molecular weight excluding hydrogens is 286 g/mol. The summed E-state index contributed by atoms with van der Waals surface area (Å²) in [5, 5.41) is 12.2. The lowest BCUT2D eigenvalue weighted by Crippen LogP contribution is -2.12. The number of fused-ring (bicyclic) bond motifs is 1. The van der Waals surface area contributed by atoms with E-state index in [0.717, 1.165) is 23.5 Å². The lowest BCUT2D eigenvalue weighted by atomic mass is 10.2. The van der Waals surface area contributed by atoms with Gasteiger partial charge in [0.1, 0.15) is 0 Å². The van der Waals surface area contributed by atoms with Crippen LogP contribution in [0.4, 0.5) is 5.95 Å². The summed E-state index contributed by atoms with van der Waals surface area (Å²) in [4.78, 5) is 4.59. The van der Waals surface area contributed by atoms with Crippen LogP contribution in [-0.4, -0.2) is 27.8 Å². The lowest BCUT2D eigenvalue weighted by Gasteiger charge is -2.10. The molecule has 0 spiro atoms. The van der Waals surface area contributed by atoms with Gasteiger partial charge in [-0.3, -0.25) is 0 Å². The third-order valence-electron chi connectivity index (χ3n) is 3.23. The Morgan fingerprint density at radius 3 is 2.48 bits per heavy atom. The molecule has 0 aliphatic carbocycles. The molecular formula is C16H18ClN3O. The van der Waals surface area contributed by atoms with Crippen molar-refractivity contribution < 1.29 is 5.11 Å². The van der Waals surface area contributed by atoms with Gasteiger partial charge in [-0.25, -0.2) is 4.98 Å². The average Bonchev–Trinajstić information content (AvgIpc) is 2.84. The van der Waals surface area contributed by atoms with Gasteiger partial charge < -0.3 is 15.0 Å². The van der Waals surface area contributed by atoms with Crippen LogP contribution in [0.1, 0.15) is 5.56 Å². The fourth-order valence-electron chi connectivity index (χ4n) is 2.30. The third kappa shape index (κ3) is 3.35. The molecule has 1 aromatic heterocycles. The van der Waals surface area contributed by atoms with Crippen LogP contribution in [0.2, 0.25) is 0 Å². The Kier molecular flexibility index (Phi) is 5.20. The van der Waals surface area contributed by atoms with E-state index in [1.54, 1.807) is 0 Å². The van der Waals surface area contributed by atoms with Crippen LogP contribution in [-0.2, 0) is 6.54 Å². The van der Waals surface area contributed by atoms with Crippen molar-refractivity contribution >= 4 is 29.4 Å². The smallest absolute Gasteiger partial charge is 0.204 e. The van der Waals surface area contributed by atoms with Gasteiger partial charge in [-0.05, 0) is 17.7 Å². The SMILES string of the molecule is Cl.OCCNc1nc2ccccc2n1Cc1ccccc1. The predicted octanol–water partition coefficient (Wildman–Crippen LogP) is 2.91. The molecule has 2 aromatic carbocycles. The summed E-state index contributed by atoms with van der Waals surface area (Å²) < 4.78 is 2.14. The number of aliphatic hydroxyl groups is 1. The normalized spacial score (nSPS) is 10.3. The molecule has 0 radical (unpaired) electrons. The fraction of sp³-hybridized carbons (Fsp3) is 0.188. The van der Waals surface area contributed by atoms with Crippen molar-refractivity contribution in [2.45, 2.75) is 6.54 Å². The molecule has 0 atom stereocenters. The van der Waals surface area contributed by atoms with E-state index in [9.17, 15) is 0 Å². The maximum atomic E-state index is 8.98. The molecule has 3 rings (SSSR count). The van der Waals surface area contributed by atoms with Crippen LogP contribution in [0.5, 0.6) is 0 Å². The first-order valence-electron chi connectivity index (χ1n) is 6.72. The average molecular weight is 304 g/mol. The zero-order valence-corrected chi connectivity index (χ0v) is 12.4. The second kappa shape index (κ2) is 7.11. The first kappa shape index (κ1) is 15.4. The first-order valence-corrected chi connectivity index (χ1v) is 6.72. The highest BCUT2D eigenvalue weighted by atomic mass is 35.5. The zero-order chi connectivity index (χ0) is 13.8. The number of hydrogen-bond donors (Lipinski definition) is 2. The number of nitrogens with one attached hydrogen (secondary N) is 1. The lowest BCUT2D eigenvalue weighted by molar-refractivity contribution is 0.310. The number of nitrogens with zero attached hydrogens (tertiary/aromatic N) is 2. The number of rotatable bonds is 5. The third-order valence-corrected chi connectivity index (χ3v) is 3.23. The van der Waals surface area contributed by atoms with Crippen LogP contribution in [0, 0.1) is 0 Å². The molecule has 3 aromatic rings. The van der Waals surface area contributed by atoms with Crippen LogP contribution in [0.25, 0.3) is 11.0 Å². The van der Waals surface area contributed by atoms with Gasteiger partial charge in [0.15, 0.2) is 0 Å². The number of imidazole rings is 1. The van der Waals surface area contributed by atoms with E-state index < -0.39 is 0 Å². The summed E-state index contributed by atoms with van der Waals surface area (Å²) in [5.74, 6) is 0.795. The summed E-state index contributed by atoms with van der Waals surface area (Å²) in [6.45, 7) is 1.35. The van der Waals surface area contributed by atoms with Crippen LogP contribution < -0.4 is 5.32 Å². The van der Waals surface area contributed by atoms with E-state index in [4.69, 9.17) is 5.11 Å². The molecule has 0 aliphatic rings. The first-order chi connectivity index (χ1) is 9.88. The quantitative estimate of drug-likeness (QED) is 0.762. The molecule has 0 bridgehead atoms. The van der Waals surface area contributed by atoms with Crippen LogP contribution in [0.15, 0.2) is 54.6 Å². The molecule has 5 heteroatoms. The van der Waals surface area contributed by atoms with Crippen molar-refractivity contribution in [2.75, 3.05) is 18.5 Å². The number of para-hydroxylation sites is 2. The second-order valence-electron chi connectivity index (χ2n) is 4.65. The van der Waals surface area contributed by atoms with E-state index in [1.807, 2.05) is 36.4 Å². The van der Waals surface area contributed by atoms with E-state index >= 15 is 0 Å². The van der Waals surface area contributed by atoms with Gasteiger partial charge >= 0.3 is 0 Å². The molecule has 0 amide bonds. The molecule has 110 valence electrons. The number of aromatic nitrogens is 2. The van der Waals surface area contributed by atoms with Gasteiger partial charge in [0.25, 0.3) is 0 Å². The largest absolute Gasteiger partial charge is 0.395 e. The monoisotopic (exact) mass is 303 g/mol. The van der Waals surface area contributed by atoms with E-state index in [1.165, 1.54) is 5.56 Å². The Hall–Kier alpha value is -2.04. The molecule has 0 aliphatic heterocycles.